The molecular formula is C32H58N4O6. The van der Waals surface area contributed by atoms with Gasteiger partial charge in [-0.25, -0.2) is 4.79 Å². The van der Waals surface area contributed by atoms with Gasteiger partial charge in [-0.1, -0.05) is 84.3 Å². The van der Waals surface area contributed by atoms with Crippen molar-refractivity contribution in [3.63, 3.8) is 0 Å². The SMILES string of the molecule is CCCCCCCC/C=C\CCCCCCCC(=O)NCCNC(=O)CCC(=O)N[C@@H](C)C(=O)N[C@H](C(=O)O)C(C)C. The summed E-state index contributed by atoms with van der Waals surface area (Å²) in [5.74, 6) is -2.91. The second kappa shape index (κ2) is 25.8. The van der Waals surface area contributed by atoms with Crippen LogP contribution in [-0.2, 0) is 24.0 Å². The molecule has 0 aliphatic rings. The zero-order valence-corrected chi connectivity index (χ0v) is 26.6. The van der Waals surface area contributed by atoms with Crippen LogP contribution < -0.4 is 21.3 Å². The Morgan fingerprint density at radius 2 is 1.10 bits per heavy atom. The molecule has 0 aliphatic heterocycles. The molecule has 0 saturated carbocycles. The number of carboxylic acids is 1. The highest BCUT2D eigenvalue weighted by molar-refractivity contribution is 5.91. The lowest BCUT2D eigenvalue weighted by Gasteiger charge is -2.21. The van der Waals surface area contributed by atoms with Crippen molar-refractivity contribution in [2.45, 2.75) is 143 Å². The van der Waals surface area contributed by atoms with Crippen LogP contribution in [0.25, 0.3) is 0 Å². The van der Waals surface area contributed by atoms with Gasteiger partial charge in [0, 0.05) is 32.4 Å². The van der Waals surface area contributed by atoms with E-state index in [-0.39, 0.29) is 37.1 Å². The van der Waals surface area contributed by atoms with Crippen molar-refractivity contribution >= 4 is 29.6 Å². The van der Waals surface area contributed by atoms with Crippen molar-refractivity contribution < 1.29 is 29.1 Å². The molecule has 5 N–H and O–H groups in total. The van der Waals surface area contributed by atoms with Gasteiger partial charge in [-0.05, 0) is 44.9 Å². The number of hydrogen-bond acceptors (Lipinski definition) is 5. The van der Waals surface area contributed by atoms with Gasteiger partial charge in [0.1, 0.15) is 12.1 Å². The lowest BCUT2D eigenvalue weighted by molar-refractivity contribution is -0.143. The van der Waals surface area contributed by atoms with Crippen molar-refractivity contribution in [3.8, 4) is 0 Å². The summed E-state index contributed by atoms with van der Waals surface area (Å²) in [5.41, 5.74) is 0. The second-order valence-corrected chi connectivity index (χ2v) is 11.4. The summed E-state index contributed by atoms with van der Waals surface area (Å²) in [7, 11) is 0. The predicted molar refractivity (Wildman–Crippen MR) is 167 cm³/mol. The quantitative estimate of drug-likeness (QED) is 0.0718. The fourth-order valence-corrected chi connectivity index (χ4v) is 4.33. The van der Waals surface area contributed by atoms with E-state index in [2.05, 4.69) is 40.3 Å². The summed E-state index contributed by atoms with van der Waals surface area (Å²) in [6.45, 7) is 7.63. The molecule has 0 aromatic heterocycles. The van der Waals surface area contributed by atoms with Crippen LogP contribution in [0.2, 0.25) is 0 Å². The molecule has 0 heterocycles. The van der Waals surface area contributed by atoms with Crippen LogP contribution in [0, 0.1) is 5.92 Å². The van der Waals surface area contributed by atoms with E-state index in [1.54, 1.807) is 13.8 Å². The number of hydrogen-bond donors (Lipinski definition) is 5. The minimum absolute atomic E-state index is 0.0314. The van der Waals surface area contributed by atoms with Crippen LogP contribution in [-0.4, -0.2) is 59.9 Å². The van der Waals surface area contributed by atoms with Crippen LogP contribution in [0.5, 0.6) is 0 Å². The molecule has 4 amide bonds. The molecule has 0 aromatic rings. The molecule has 0 unspecified atom stereocenters. The molecule has 0 spiro atoms. The summed E-state index contributed by atoms with van der Waals surface area (Å²) in [4.78, 5) is 59.4. The number of nitrogens with one attached hydrogen (secondary N) is 4. The summed E-state index contributed by atoms with van der Waals surface area (Å²) in [6.07, 6.45) is 20.7. The van der Waals surface area contributed by atoms with Crippen LogP contribution in [0.1, 0.15) is 130 Å². The summed E-state index contributed by atoms with van der Waals surface area (Å²) < 4.78 is 0. The molecule has 0 saturated heterocycles. The molecule has 10 heteroatoms. The minimum Gasteiger partial charge on any atom is -0.480 e. The van der Waals surface area contributed by atoms with Gasteiger partial charge >= 0.3 is 5.97 Å². The summed E-state index contributed by atoms with van der Waals surface area (Å²) in [5, 5.41) is 19.5. The Hall–Kier alpha value is -2.91. The van der Waals surface area contributed by atoms with Gasteiger partial charge in [-0.3, -0.25) is 19.2 Å². The van der Waals surface area contributed by atoms with E-state index in [1.165, 1.54) is 64.7 Å². The Morgan fingerprint density at radius 1 is 0.619 bits per heavy atom. The first-order valence-corrected chi connectivity index (χ1v) is 16.1. The molecule has 0 aromatic carbocycles. The Kier molecular flexibility index (Phi) is 24.0. The predicted octanol–water partition coefficient (Wildman–Crippen LogP) is 4.77. The number of amides is 4. The third-order valence-electron chi connectivity index (χ3n) is 7.02. The van der Waals surface area contributed by atoms with Gasteiger partial charge in [0.05, 0.1) is 0 Å². The fraction of sp³-hybridized carbons (Fsp3) is 0.781. The Labute approximate surface area is 253 Å². The first-order chi connectivity index (χ1) is 20.1. The smallest absolute Gasteiger partial charge is 0.326 e. The van der Waals surface area contributed by atoms with Gasteiger partial charge in [0.2, 0.25) is 23.6 Å². The number of carbonyl (C=O) groups is 5. The summed E-state index contributed by atoms with van der Waals surface area (Å²) in [6, 6.07) is -1.98. The molecule has 0 rings (SSSR count). The third kappa shape index (κ3) is 22.7. The normalized spacial score (nSPS) is 12.6. The largest absolute Gasteiger partial charge is 0.480 e. The highest BCUT2D eigenvalue weighted by Gasteiger charge is 2.26. The van der Waals surface area contributed by atoms with Gasteiger partial charge in [-0.2, -0.15) is 0 Å². The van der Waals surface area contributed by atoms with Crippen molar-refractivity contribution in [2.24, 2.45) is 5.92 Å². The van der Waals surface area contributed by atoms with E-state index in [9.17, 15) is 29.1 Å². The monoisotopic (exact) mass is 594 g/mol. The average molecular weight is 595 g/mol. The molecule has 42 heavy (non-hydrogen) atoms. The maximum Gasteiger partial charge on any atom is 0.326 e. The lowest BCUT2D eigenvalue weighted by Crippen LogP contribution is -2.52. The molecule has 10 nitrogen and oxygen atoms in total. The first kappa shape index (κ1) is 39.1. The third-order valence-corrected chi connectivity index (χ3v) is 7.02. The topological polar surface area (TPSA) is 154 Å². The molecule has 0 fully saturated rings. The highest BCUT2D eigenvalue weighted by atomic mass is 16.4. The highest BCUT2D eigenvalue weighted by Crippen LogP contribution is 2.10. The van der Waals surface area contributed by atoms with E-state index < -0.39 is 29.9 Å². The van der Waals surface area contributed by atoms with Gasteiger partial charge in [0.25, 0.3) is 0 Å². The minimum atomic E-state index is -1.15. The number of unbranched alkanes of at least 4 members (excludes halogenated alkanes) is 11. The second-order valence-electron chi connectivity index (χ2n) is 11.4. The molecule has 0 radical (unpaired) electrons. The Bertz CT molecular complexity index is 815. The standard InChI is InChI=1S/C32H58N4O6/c1-5-6-7-8-9-10-11-12-13-14-15-16-17-18-19-20-27(37)33-23-24-34-28(38)21-22-29(39)35-26(4)31(40)36-30(25(2)3)32(41)42/h12-13,25-26,30H,5-11,14-24H2,1-4H3,(H,33,37)(H,34,38)(H,35,39)(H,36,40)(H,41,42)/b13-12-/t26-,30-/m0/s1. The zero-order valence-electron chi connectivity index (χ0n) is 26.6. The van der Waals surface area contributed by atoms with E-state index in [0.29, 0.717) is 13.0 Å². The van der Waals surface area contributed by atoms with Crippen LogP contribution in [0.4, 0.5) is 0 Å². The molecular weight excluding hydrogens is 536 g/mol. The number of carboxylic acid groups (broad SMARTS) is 1. The number of allylic oxidation sites excluding steroid dienone is 2. The van der Waals surface area contributed by atoms with Crippen LogP contribution in [0.3, 0.4) is 0 Å². The van der Waals surface area contributed by atoms with Crippen molar-refractivity contribution in [2.75, 3.05) is 13.1 Å². The van der Waals surface area contributed by atoms with Crippen LogP contribution >= 0.6 is 0 Å². The zero-order chi connectivity index (χ0) is 31.6. The number of rotatable bonds is 26. The molecule has 0 bridgehead atoms. The van der Waals surface area contributed by atoms with Crippen molar-refractivity contribution in [3.05, 3.63) is 12.2 Å². The van der Waals surface area contributed by atoms with Gasteiger partial charge in [0.15, 0.2) is 0 Å². The van der Waals surface area contributed by atoms with E-state index >= 15 is 0 Å². The van der Waals surface area contributed by atoms with Crippen LogP contribution in [0.15, 0.2) is 12.2 Å². The Balaban J connectivity index is 3.74. The molecule has 2 atom stereocenters. The average Bonchev–Trinajstić information content (AvgIpc) is 2.94. The maximum absolute atomic E-state index is 12.2. The van der Waals surface area contributed by atoms with Gasteiger partial charge in [-0.15, -0.1) is 0 Å². The van der Waals surface area contributed by atoms with Crippen molar-refractivity contribution in [1.29, 1.82) is 0 Å². The van der Waals surface area contributed by atoms with Crippen molar-refractivity contribution in [1.82, 2.24) is 21.3 Å². The van der Waals surface area contributed by atoms with E-state index in [0.717, 1.165) is 25.7 Å². The van der Waals surface area contributed by atoms with E-state index in [4.69, 9.17) is 0 Å². The summed E-state index contributed by atoms with van der Waals surface area (Å²) >= 11 is 0. The number of carbonyl (C=O) groups excluding carboxylic acids is 4. The maximum atomic E-state index is 12.2. The van der Waals surface area contributed by atoms with Gasteiger partial charge < -0.3 is 26.4 Å². The molecule has 0 aliphatic carbocycles. The van der Waals surface area contributed by atoms with E-state index in [1.807, 2.05) is 0 Å². The number of aliphatic carboxylic acids is 1. The molecule has 242 valence electrons. The lowest BCUT2D eigenvalue weighted by atomic mass is 10.0. The first-order valence-electron chi connectivity index (χ1n) is 16.1. The Morgan fingerprint density at radius 3 is 1.62 bits per heavy atom. The fourth-order valence-electron chi connectivity index (χ4n) is 4.33.